The molecule has 0 unspecified atom stereocenters. The summed E-state index contributed by atoms with van der Waals surface area (Å²) in [6.07, 6.45) is 1.42. The number of hydrogen-bond acceptors (Lipinski definition) is 6. The maximum atomic E-state index is 12.1. The molecule has 0 fully saturated rings. The number of carbonyl (C=O) groups excluding carboxylic acids is 2. The lowest BCUT2D eigenvalue weighted by Gasteiger charge is -2.18. The van der Waals surface area contributed by atoms with Crippen molar-refractivity contribution < 1.29 is 18.5 Å². The van der Waals surface area contributed by atoms with Crippen LogP contribution in [0.1, 0.15) is 47.6 Å². The van der Waals surface area contributed by atoms with E-state index in [2.05, 4.69) is 41.5 Å². The van der Waals surface area contributed by atoms with Gasteiger partial charge in [-0.15, -0.1) is 0 Å². The second-order valence-corrected chi connectivity index (χ2v) is 7.24. The molecule has 2 heterocycles. The summed E-state index contributed by atoms with van der Waals surface area (Å²) in [4.78, 5) is 28.0. The third kappa shape index (κ3) is 4.64. The molecule has 0 saturated heterocycles. The molecule has 28 heavy (non-hydrogen) atoms. The van der Waals surface area contributed by atoms with Crippen LogP contribution in [0.3, 0.4) is 0 Å². The summed E-state index contributed by atoms with van der Waals surface area (Å²) < 4.78 is 10.0. The molecule has 8 nitrogen and oxygen atoms in total. The van der Waals surface area contributed by atoms with Gasteiger partial charge in [-0.1, -0.05) is 50.2 Å². The van der Waals surface area contributed by atoms with Crippen LogP contribution in [0.4, 0.5) is 0 Å². The third-order valence-corrected chi connectivity index (χ3v) is 4.07. The Bertz CT molecular complexity index is 938. The van der Waals surface area contributed by atoms with Gasteiger partial charge in [-0.05, 0) is 23.1 Å². The molecule has 1 aromatic carbocycles. The average Bonchev–Trinajstić information content (AvgIpc) is 3.36. The van der Waals surface area contributed by atoms with Crippen molar-refractivity contribution in [2.45, 2.75) is 26.2 Å². The van der Waals surface area contributed by atoms with Crippen molar-refractivity contribution in [3.63, 3.8) is 0 Å². The van der Waals surface area contributed by atoms with Gasteiger partial charge in [-0.25, -0.2) is 0 Å². The van der Waals surface area contributed by atoms with Crippen LogP contribution < -0.4 is 10.6 Å². The van der Waals surface area contributed by atoms with Crippen molar-refractivity contribution in [1.82, 2.24) is 20.8 Å². The zero-order valence-electron chi connectivity index (χ0n) is 16.0. The molecular weight excluding hydrogens is 360 g/mol. The van der Waals surface area contributed by atoms with Gasteiger partial charge in [-0.2, -0.15) is 4.98 Å². The number of benzene rings is 1. The van der Waals surface area contributed by atoms with Crippen LogP contribution in [-0.4, -0.2) is 35.0 Å². The summed E-state index contributed by atoms with van der Waals surface area (Å²) in [5.74, 6) is -0.426. The summed E-state index contributed by atoms with van der Waals surface area (Å²) in [5.41, 5.74) is 2.00. The van der Waals surface area contributed by atoms with E-state index >= 15 is 0 Å². The number of furan rings is 1. The molecule has 0 bridgehead atoms. The van der Waals surface area contributed by atoms with Gasteiger partial charge in [0.05, 0.1) is 6.26 Å². The lowest BCUT2D eigenvalue weighted by Crippen LogP contribution is -2.34. The predicted octanol–water partition coefficient (Wildman–Crippen LogP) is 2.79. The van der Waals surface area contributed by atoms with E-state index in [0.29, 0.717) is 5.82 Å². The number of carbonyl (C=O) groups is 2. The van der Waals surface area contributed by atoms with E-state index in [9.17, 15) is 9.59 Å². The van der Waals surface area contributed by atoms with Crippen molar-refractivity contribution in [2.75, 3.05) is 13.1 Å². The molecule has 0 aliphatic carbocycles. The first-order valence-corrected chi connectivity index (χ1v) is 8.89. The van der Waals surface area contributed by atoms with Crippen molar-refractivity contribution in [3.05, 3.63) is 59.9 Å². The van der Waals surface area contributed by atoms with Crippen LogP contribution in [0, 0.1) is 0 Å². The first-order chi connectivity index (χ1) is 13.3. The molecule has 0 aliphatic heterocycles. The summed E-state index contributed by atoms with van der Waals surface area (Å²) >= 11 is 0. The van der Waals surface area contributed by atoms with Crippen LogP contribution in [-0.2, 0) is 5.41 Å². The van der Waals surface area contributed by atoms with Crippen LogP contribution in [0.25, 0.3) is 11.4 Å². The van der Waals surface area contributed by atoms with Crippen molar-refractivity contribution in [3.8, 4) is 11.4 Å². The zero-order valence-corrected chi connectivity index (χ0v) is 16.0. The molecule has 2 N–H and O–H groups in total. The van der Waals surface area contributed by atoms with Gasteiger partial charge in [0, 0.05) is 18.7 Å². The van der Waals surface area contributed by atoms with Crippen LogP contribution in [0.5, 0.6) is 0 Å². The molecule has 2 amide bonds. The topological polar surface area (TPSA) is 110 Å². The minimum atomic E-state index is -0.502. The first-order valence-electron chi connectivity index (χ1n) is 8.89. The number of amides is 2. The minimum absolute atomic E-state index is 0.0488. The second kappa shape index (κ2) is 8.08. The summed E-state index contributed by atoms with van der Waals surface area (Å²) in [6, 6.07) is 11.0. The van der Waals surface area contributed by atoms with Gasteiger partial charge >= 0.3 is 11.8 Å². The van der Waals surface area contributed by atoms with E-state index in [1.165, 1.54) is 11.8 Å². The second-order valence-electron chi connectivity index (χ2n) is 7.24. The molecule has 0 saturated carbocycles. The Hall–Kier alpha value is -3.42. The van der Waals surface area contributed by atoms with E-state index in [0.717, 1.165) is 5.56 Å². The first kappa shape index (κ1) is 19.3. The van der Waals surface area contributed by atoms with E-state index in [4.69, 9.17) is 8.94 Å². The Balaban J connectivity index is 1.52. The van der Waals surface area contributed by atoms with Gasteiger partial charge < -0.3 is 19.6 Å². The summed E-state index contributed by atoms with van der Waals surface area (Å²) in [6.45, 7) is 6.85. The maximum absolute atomic E-state index is 12.1. The number of nitrogens with one attached hydrogen (secondary N) is 2. The van der Waals surface area contributed by atoms with Gasteiger partial charge in [0.25, 0.3) is 5.91 Å². The fourth-order valence-corrected chi connectivity index (χ4v) is 2.47. The fourth-order valence-electron chi connectivity index (χ4n) is 2.47. The number of nitrogens with zero attached hydrogens (tertiary/aromatic N) is 2. The highest BCUT2D eigenvalue weighted by molar-refractivity contribution is 5.91. The number of hydrogen-bond donors (Lipinski definition) is 2. The monoisotopic (exact) mass is 382 g/mol. The Morgan fingerprint density at radius 1 is 1.00 bits per heavy atom. The standard InChI is InChI=1S/C20H22N4O4/c1-20(2,3)14-8-6-13(7-9-14)16-23-19(28-24-16)18(26)22-11-10-21-17(25)15-5-4-12-27-15/h4-9,12H,10-11H2,1-3H3,(H,21,25)(H,22,26). The molecule has 3 aromatic rings. The summed E-state index contributed by atoms with van der Waals surface area (Å²) in [7, 11) is 0. The van der Waals surface area contributed by atoms with Crippen LogP contribution >= 0.6 is 0 Å². The van der Waals surface area contributed by atoms with Crippen molar-refractivity contribution >= 4 is 11.8 Å². The molecule has 146 valence electrons. The van der Waals surface area contributed by atoms with Gasteiger partial charge in [-0.3, -0.25) is 9.59 Å². The van der Waals surface area contributed by atoms with E-state index in [-0.39, 0.29) is 36.1 Å². The lowest BCUT2D eigenvalue weighted by atomic mass is 9.87. The van der Waals surface area contributed by atoms with Crippen molar-refractivity contribution in [2.24, 2.45) is 0 Å². The molecule has 0 aliphatic rings. The quantitative estimate of drug-likeness (QED) is 0.634. The van der Waals surface area contributed by atoms with Gasteiger partial charge in [0.1, 0.15) is 0 Å². The van der Waals surface area contributed by atoms with Crippen LogP contribution in [0.15, 0.2) is 51.6 Å². The number of rotatable bonds is 6. The molecule has 0 spiro atoms. The number of aromatic nitrogens is 2. The lowest BCUT2D eigenvalue weighted by molar-refractivity contribution is 0.0891. The fraction of sp³-hybridized carbons (Fsp3) is 0.300. The molecule has 3 rings (SSSR count). The molecule has 0 radical (unpaired) electrons. The highest BCUT2D eigenvalue weighted by Gasteiger charge is 2.17. The van der Waals surface area contributed by atoms with Gasteiger partial charge in [0.15, 0.2) is 5.76 Å². The SMILES string of the molecule is CC(C)(C)c1ccc(-c2noc(C(=O)NCCNC(=O)c3ccco3)n2)cc1. The van der Waals surface area contributed by atoms with E-state index < -0.39 is 5.91 Å². The van der Waals surface area contributed by atoms with Gasteiger partial charge in [0.2, 0.25) is 5.82 Å². The normalized spacial score (nSPS) is 11.2. The summed E-state index contributed by atoms with van der Waals surface area (Å²) in [5, 5.41) is 9.10. The minimum Gasteiger partial charge on any atom is -0.459 e. The highest BCUT2D eigenvalue weighted by atomic mass is 16.5. The molecule has 0 atom stereocenters. The smallest absolute Gasteiger partial charge is 0.316 e. The highest BCUT2D eigenvalue weighted by Crippen LogP contribution is 2.24. The Morgan fingerprint density at radius 2 is 1.68 bits per heavy atom. The largest absolute Gasteiger partial charge is 0.459 e. The van der Waals surface area contributed by atoms with E-state index in [1.807, 2.05) is 24.3 Å². The predicted molar refractivity (Wildman–Crippen MR) is 102 cm³/mol. The Labute approximate surface area is 162 Å². The zero-order chi connectivity index (χ0) is 20.1. The maximum Gasteiger partial charge on any atom is 0.316 e. The van der Waals surface area contributed by atoms with Crippen LogP contribution in [0.2, 0.25) is 0 Å². The molecular formula is C20H22N4O4. The van der Waals surface area contributed by atoms with E-state index in [1.54, 1.807) is 12.1 Å². The van der Waals surface area contributed by atoms with Crippen molar-refractivity contribution in [1.29, 1.82) is 0 Å². The third-order valence-electron chi connectivity index (χ3n) is 4.07. The average molecular weight is 382 g/mol. The molecule has 8 heteroatoms. The Kier molecular flexibility index (Phi) is 5.58. The molecule has 2 aromatic heterocycles. The Morgan fingerprint density at radius 3 is 2.29 bits per heavy atom.